The summed E-state index contributed by atoms with van der Waals surface area (Å²) in [4.78, 5) is 22.7. The van der Waals surface area contributed by atoms with Crippen molar-refractivity contribution in [2.45, 2.75) is 6.92 Å². The number of aryl methyl sites for hydroxylation is 1. The summed E-state index contributed by atoms with van der Waals surface area (Å²) < 4.78 is 9.07. The molecule has 0 unspecified atom stereocenters. The lowest BCUT2D eigenvalue weighted by molar-refractivity contribution is -0.138. The van der Waals surface area contributed by atoms with Gasteiger partial charge in [0.25, 0.3) is 0 Å². The molecule has 0 spiro atoms. The maximum atomic E-state index is 11.5. The maximum absolute atomic E-state index is 11.5. The molecule has 5 heteroatoms. The normalized spacial score (nSPS) is 10.7. The van der Waals surface area contributed by atoms with Crippen LogP contribution >= 0.6 is 0 Å². The van der Waals surface area contributed by atoms with Gasteiger partial charge in [0.2, 0.25) is 0 Å². The number of hydrogen-bond donors (Lipinski definition) is 1. The molecule has 18 heavy (non-hydrogen) atoms. The Morgan fingerprint density at radius 1 is 1.17 bits per heavy atom. The smallest absolute Gasteiger partial charge is 0.354 e. The second kappa shape index (κ2) is 6.44. The average Bonchev–Trinajstić information content (AvgIpc) is 2.39. The quantitative estimate of drug-likeness (QED) is 0.649. The van der Waals surface area contributed by atoms with Crippen molar-refractivity contribution in [3.63, 3.8) is 0 Å². The van der Waals surface area contributed by atoms with Gasteiger partial charge in [0.1, 0.15) is 5.70 Å². The number of anilines is 1. The molecule has 0 aliphatic rings. The summed E-state index contributed by atoms with van der Waals surface area (Å²) in [6, 6.07) is 7.38. The van der Waals surface area contributed by atoms with E-state index in [-0.39, 0.29) is 5.70 Å². The first-order valence-corrected chi connectivity index (χ1v) is 5.29. The van der Waals surface area contributed by atoms with Gasteiger partial charge in [-0.2, -0.15) is 0 Å². The Morgan fingerprint density at radius 2 is 1.83 bits per heavy atom. The Bertz CT molecular complexity index is 480. The summed E-state index contributed by atoms with van der Waals surface area (Å²) in [5.74, 6) is -1.26. The van der Waals surface area contributed by atoms with Crippen LogP contribution in [0.5, 0.6) is 0 Å². The molecule has 5 nitrogen and oxygen atoms in total. The van der Waals surface area contributed by atoms with Gasteiger partial charge in [0, 0.05) is 5.69 Å². The van der Waals surface area contributed by atoms with E-state index in [1.807, 2.05) is 25.1 Å². The van der Waals surface area contributed by atoms with Crippen LogP contribution in [0.2, 0.25) is 0 Å². The fourth-order valence-electron chi connectivity index (χ4n) is 1.29. The first-order valence-electron chi connectivity index (χ1n) is 5.29. The zero-order valence-corrected chi connectivity index (χ0v) is 10.5. The minimum atomic E-state index is -0.636. The Balaban J connectivity index is 3.00. The van der Waals surface area contributed by atoms with E-state index in [0.717, 1.165) is 17.3 Å². The standard InChI is InChI=1S/C13H15NO4/c1-9-6-4-5-7-10(9)14-11(13(16)18-3)8-12(15)17-2/h4-8,14H,1-3H3/b11-8-. The number of esters is 2. The number of ether oxygens (including phenoxy) is 2. The molecular weight excluding hydrogens is 234 g/mol. The van der Waals surface area contributed by atoms with E-state index in [1.165, 1.54) is 14.2 Å². The number of nitrogens with one attached hydrogen (secondary N) is 1. The number of methoxy groups -OCH3 is 2. The molecule has 1 N–H and O–H groups in total. The molecule has 0 aliphatic carbocycles. The molecule has 1 rings (SSSR count). The fourth-order valence-corrected chi connectivity index (χ4v) is 1.29. The molecule has 96 valence electrons. The molecule has 0 aromatic heterocycles. The molecule has 0 heterocycles. The zero-order valence-electron chi connectivity index (χ0n) is 10.5. The number of rotatable bonds is 4. The fraction of sp³-hybridized carbons (Fsp3) is 0.231. The van der Waals surface area contributed by atoms with E-state index in [1.54, 1.807) is 6.07 Å². The van der Waals surface area contributed by atoms with Crippen LogP contribution in [0.25, 0.3) is 0 Å². The molecule has 0 amide bonds. The third kappa shape index (κ3) is 3.62. The predicted molar refractivity (Wildman–Crippen MR) is 66.9 cm³/mol. The van der Waals surface area contributed by atoms with Gasteiger partial charge >= 0.3 is 11.9 Å². The summed E-state index contributed by atoms with van der Waals surface area (Å²) >= 11 is 0. The van der Waals surface area contributed by atoms with Gasteiger partial charge in [0.05, 0.1) is 20.3 Å². The summed E-state index contributed by atoms with van der Waals surface area (Å²) in [5.41, 5.74) is 1.69. The molecule has 1 aromatic rings. The number of benzene rings is 1. The largest absolute Gasteiger partial charge is 0.466 e. The highest BCUT2D eigenvalue weighted by atomic mass is 16.5. The van der Waals surface area contributed by atoms with Gasteiger partial charge in [-0.3, -0.25) is 0 Å². The maximum Gasteiger partial charge on any atom is 0.354 e. The highest BCUT2D eigenvalue weighted by Gasteiger charge is 2.13. The van der Waals surface area contributed by atoms with Crippen LogP contribution in [0.4, 0.5) is 5.69 Å². The monoisotopic (exact) mass is 249 g/mol. The predicted octanol–water partition coefficient (Wildman–Crippen LogP) is 1.64. The van der Waals surface area contributed by atoms with Crippen LogP contribution in [-0.2, 0) is 19.1 Å². The highest BCUT2D eigenvalue weighted by Crippen LogP contribution is 2.16. The van der Waals surface area contributed by atoms with Crippen molar-refractivity contribution in [3.05, 3.63) is 41.6 Å². The van der Waals surface area contributed by atoms with Crippen molar-refractivity contribution in [1.82, 2.24) is 0 Å². The number of carbonyl (C=O) groups excluding carboxylic acids is 2. The van der Waals surface area contributed by atoms with Crippen molar-refractivity contribution in [3.8, 4) is 0 Å². The Labute approximate surface area is 105 Å². The van der Waals surface area contributed by atoms with Gasteiger partial charge < -0.3 is 14.8 Å². The number of carbonyl (C=O) groups is 2. The molecule has 0 atom stereocenters. The van der Waals surface area contributed by atoms with Crippen LogP contribution in [0.3, 0.4) is 0 Å². The van der Waals surface area contributed by atoms with Crippen LogP contribution in [0.15, 0.2) is 36.0 Å². The topological polar surface area (TPSA) is 64.6 Å². The van der Waals surface area contributed by atoms with Gasteiger partial charge in [-0.15, -0.1) is 0 Å². The molecule has 0 radical (unpaired) electrons. The molecule has 0 saturated carbocycles. The van der Waals surface area contributed by atoms with Crippen molar-refractivity contribution in [2.24, 2.45) is 0 Å². The van der Waals surface area contributed by atoms with Crippen LogP contribution < -0.4 is 5.32 Å². The number of hydrogen-bond acceptors (Lipinski definition) is 5. The van der Waals surface area contributed by atoms with Crippen molar-refractivity contribution in [1.29, 1.82) is 0 Å². The lowest BCUT2D eigenvalue weighted by Gasteiger charge is -2.11. The summed E-state index contributed by atoms with van der Waals surface area (Å²) in [7, 11) is 2.48. The SMILES string of the molecule is COC(=O)/C=C(\Nc1ccccc1C)C(=O)OC. The van der Waals surface area contributed by atoms with Crippen LogP contribution in [-0.4, -0.2) is 26.2 Å². The Morgan fingerprint density at radius 3 is 2.39 bits per heavy atom. The molecule has 1 aromatic carbocycles. The second-order valence-electron chi connectivity index (χ2n) is 3.51. The minimum Gasteiger partial charge on any atom is -0.466 e. The Kier molecular flexibility index (Phi) is 4.92. The summed E-state index contributed by atoms with van der Waals surface area (Å²) in [5, 5.41) is 2.85. The van der Waals surface area contributed by atoms with Gasteiger partial charge in [-0.05, 0) is 18.6 Å². The van der Waals surface area contributed by atoms with E-state index >= 15 is 0 Å². The lowest BCUT2D eigenvalue weighted by Crippen LogP contribution is -2.15. The third-order valence-corrected chi connectivity index (χ3v) is 2.28. The minimum absolute atomic E-state index is 0.0265. The first kappa shape index (κ1) is 13.8. The Hall–Kier alpha value is -2.30. The van der Waals surface area contributed by atoms with E-state index in [4.69, 9.17) is 0 Å². The molecule has 0 bridgehead atoms. The molecule has 0 saturated heterocycles. The van der Waals surface area contributed by atoms with Gasteiger partial charge in [-0.25, -0.2) is 9.59 Å². The zero-order chi connectivity index (χ0) is 13.5. The van der Waals surface area contributed by atoms with E-state index in [2.05, 4.69) is 14.8 Å². The molecule has 0 aliphatic heterocycles. The second-order valence-corrected chi connectivity index (χ2v) is 3.51. The van der Waals surface area contributed by atoms with E-state index in [0.29, 0.717) is 0 Å². The lowest BCUT2D eigenvalue weighted by atomic mass is 10.2. The summed E-state index contributed by atoms with van der Waals surface area (Å²) in [6.07, 6.45) is 1.05. The first-order chi connectivity index (χ1) is 8.58. The molecular formula is C13H15NO4. The van der Waals surface area contributed by atoms with Crippen molar-refractivity contribution in [2.75, 3.05) is 19.5 Å². The molecule has 0 fully saturated rings. The van der Waals surface area contributed by atoms with Crippen LogP contribution in [0.1, 0.15) is 5.56 Å². The highest BCUT2D eigenvalue weighted by molar-refractivity contribution is 5.98. The van der Waals surface area contributed by atoms with Gasteiger partial charge in [-0.1, -0.05) is 18.2 Å². The average molecular weight is 249 g/mol. The van der Waals surface area contributed by atoms with Crippen molar-refractivity contribution < 1.29 is 19.1 Å². The van der Waals surface area contributed by atoms with Gasteiger partial charge in [0.15, 0.2) is 0 Å². The van der Waals surface area contributed by atoms with Crippen molar-refractivity contribution >= 4 is 17.6 Å². The van der Waals surface area contributed by atoms with Crippen LogP contribution in [0, 0.1) is 6.92 Å². The van der Waals surface area contributed by atoms with E-state index in [9.17, 15) is 9.59 Å². The summed E-state index contributed by atoms with van der Waals surface area (Å²) in [6.45, 7) is 1.88. The number of para-hydroxylation sites is 1. The van der Waals surface area contributed by atoms with E-state index < -0.39 is 11.9 Å². The third-order valence-electron chi connectivity index (χ3n) is 2.28.